The van der Waals surface area contributed by atoms with Gasteiger partial charge in [-0.25, -0.2) is 4.79 Å². The third-order valence-electron chi connectivity index (χ3n) is 9.45. The number of amides is 6. The molecule has 0 saturated carbocycles. The molecule has 0 aliphatic heterocycles. The second-order valence-corrected chi connectivity index (χ2v) is 14.8. The molecular formula is C41H57N9O14. The summed E-state index contributed by atoms with van der Waals surface area (Å²) in [5, 5.41) is 72.7. The number of rotatable bonds is 28. The number of unbranched alkanes of at least 4 members (excludes halogenated alkanes) is 1. The summed E-state index contributed by atoms with van der Waals surface area (Å²) in [4.78, 5) is 116. The zero-order valence-corrected chi connectivity index (χ0v) is 35.3. The lowest BCUT2D eigenvalue weighted by Crippen LogP contribution is -2.60. The van der Waals surface area contributed by atoms with Crippen LogP contribution in [0.2, 0.25) is 0 Å². The van der Waals surface area contributed by atoms with Crippen LogP contribution in [0.25, 0.3) is 0 Å². The minimum Gasteiger partial charge on any atom is -0.508 e. The van der Waals surface area contributed by atoms with E-state index in [0.717, 1.165) is 6.92 Å². The Morgan fingerprint density at radius 2 is 0.969 bits per heavy atom. The summed E-state index contributed by atoms with van der Waals surface area (Å²) < 4.78 is 0. The number of hydrogen-bond donors (Lipinski definition) is 14. The molecule has 0 spiro atoms. The van der Waals surface area contributed by atoms with Gasteiger partial charge in [-0.05, 0) is 61.1 Å². The Morgan fingerprint density at radius 1 is 0.562 bits per heavy atom. The van der Waals surface area contributed by atoms with E-state index in [1.165, 1.54) is 48.5 Å². The van der Waals surface area contributed by atoms with Gasteiger partial charge in [-0.1, -0.05) is 44.0 Å². The van der Waals surface area contributed by atoms with Crippen molar-refractivity contribution in [2.45, 2.75) is 114 Å². The van der Waals surface area contributed by atoms with Crippen LogP contribution in [0.1, 0.15) is 76.3 Å². The SMILES string of the molecule is CCCC[C@H](NC(=O)[C@H](CCCNC(=N)N)NC(=O)[C@H](Cc1ccc(O)cc1)NC(=O)[C@H](Cc1ccc(O)cc1)NC(=O)[C@H](CC(=O)O)NC(=O)[C@H](CCC(=O)O)NC(C)=O)C(=O)O. The molecule has 0 saturated heterocycles. The molecule has 23 heteroatoms. The number of hydrogen-bond acceptors (Lipinski definition) is 12. The Hall–Kier alpha value is -7.46. The zero-order chi connectivity index (χ0) is 47.9. The maximum Gasteiger partial charge on any atom is 0.326 e. The lowest BCUT2D eigenvalue weighted by Gasteiger charge is -2.27. The smallest absolute Gasteiger partial charge is 0.326 e. The summed E-state index contributed by atoms with van der Waals surface area (Å²) >= 11 is 0. The summed E-state index contributed by atoms with van der Waals surface area (Å²) in [6.45, 7) is 2.98. The van der Waals surface area contributed by atoms with Crippen LogP contribution in [0.15, 0.2) is 48.5 Å². The third-order valence-corrected chi connectivity index (χ3v) is 9.45. The number of nitrogens with one attached hydrogen (secondary N) is 8. The van der Waals surface area contributed by atoms with Gasteiger partial charge in [-0.2, -0.15) is 0 Å². The van der Waals surface area contributed by atoms with Gasteiger partial charge in [0.05, 0.1) is 6.42 Å². The topological polar surface area (TPSA) is 389 Å². The minimum absolute atomic E-state index is 0.0901. The van der Waals surface area contributed by atoms with E-state index in [1.54, 1.807) is 0 Å². The van der Waals surface area contributed by atoms with E-state index in [1.807, 2.05) is 6.92 Å². The summed E-state index contributed by atoms with van der Waals surface area (Å²) in [7, 11) is 0. The van der Waals surface area contributed by atoms with Crippen molar-refractivity contribution in [1.82, 2.24) is 37.2 Å². The van der Waals surface area contributed by atoms with Crippen molar-refractivity contribution in [2.24, 2.45) is 5.73 Å². The standard InChI is InChI=1S/C41H57N9O14/c1-3-4-6-29(40(63)64)47-35(58)27(7-5-18-44-41(42)43)46-37(60)30(19-23-8-12-25(52)13-9-23)48-38(61)31(20-24-10-14-26(53)15-11-24)49-39(62)32(21-34(56)57)50-36(59)28(45-22(2)51)16-17-33(54)55/h8-15,27-32,52-53H,3-7,16-21H2,1-2H3,(H,45,51)(H,46,60)(H,47,58)(H,48,61)(H,49,62)(H,50,59)(H,54,55)(H,56,57)(H,63,64)(H4,42,43,44)/t27-,28-,29-,30-,31-,32-/m0/s1. The maximum atomic E-state index is 14.3. The molecule has 2 aromatic rings. The average molecular weight is 900 g/mol. The van der Waals surface area contributed by atoms with Crippen LogP contribution in [-0.4, -0.2) is 128 Å². The number of carbonyl (C=O) groups excluding carboxylic acids is 6. The lowest BCUT2D eigenvalue weighted by molar-refractivity contribution is -0.143. The highest BCUT2D eigenvalue weighted by Gasteiger charge is 2.34. The van der Waals surface area contributed by atoms with Crippen molar-refractivity contribution in [2.75, 3.05) is 6.54 Å². The molecule has 2 rings (SSSR count). The number of benzene rings is 2. The van der Waals surface area contributed by atoms with Gasteiger partial charge in [0.1, 0.15) is 47.8 Å². The van der Waals surface area contributed by atoms with E-state index < -0.39 is 109 Å². The number of guanidine groups is 1. The van der Waals surface area contributed by atoms with Crippen LogP contribution < -0.4 is 43.0 Å². The second-order valence-electron chi connectivity index (χ2n) is 14.8. The van der Waals surface area contributed by atoms with Crippen LogP contribution in [0.5, 0.6) is 11.5 Å². The highest BCUT2D eigenvalue weighted by Crippen LogP contribution is 2.15. The molecule has 6 atom stereocenters. The predicted molar refractivity (Wildman–Crippen MR) is 226 cm³/mol. The van der Waals surface area contributed by atoms with Crippen LogP contribution in [-0.2, 0) is 56.0 Å². The highest BCUT2D eigenvalue weighted by molar-refractivity contribution is 5.98. The van der Waals surface area contributed by atoms with Gasteiger partial charge in [0, 0.05) is 32.7 Å². The predicted octanol–water partition coefficient (Wildman–Crippen LogP) is -1.31. The molecule has 64 heavy (non-hydrogen) atoms. The molecular weight excluding hydrogens is 843 g/mol. The van der Waals surface area contributed by atoms with Crippen LogP contribution in [0.3, 0.4) is 0 Å². The van der Waals surface area contributed by atoms with Crippen molar-refractivity contribution in [1.29, 1.82) is 5.41 Å². The first kappa shape index (κ1) is 52.7. The van der Waals surface area contributed by atoms with Crippen molar-refractivity contribution in [3.05, 3.63) is 59.7 Å². The van der Waals surface area contributed by atoms with E-state index in [4.69, 9.17) is 16.2 Å². The number of phenols is 2. The zero-order valence-electron chi connectivity index (χ0n) is 35.3. The van der Waals surface area contributed by atoms with Crippen molar-refractivity contribution in [3.8, 4) is 11.5 Å². The fourth-order valence-electron chi connectivity index (χ4n) is 6.15. The molecule has 6 amide bonds. The number of carboxylic acids is 3. The van der Waals surface area contributed by atoms with E-state index in [9.17, 15) is 63.6 Å². The first-order valence-electron chi connectivity index (χ1n) is 20.3. The fraction of sp³-hybridized carbons (Fsp3) is 0.463. The first-order chi connectivity index (χ1) is 30.2. The monoisotopic (exact) mass is 899 g/mol. The Labute approximate surface area is 367 Å². The molecule has 2 aromatic carbocycles. The number of phenolic OH excluding ortho intramolecular Hbond substituents is 2. The van der Waals surface area contributed by atoms with E-state index in [0.29, 0.717) is 24.0 Å². The molecule has 0 radical (unpaired) electrons. The van der Waals surface area contributed by atoms with E-state index in [2.05, 4.69) is 37.2 Å². The Bertz CT molecular complexity index is 1960. The Kier molecular flexibility index (Phi) is 22.0. The number of nitrogens with two attached hydrogens (primary N) is 1. The van der Waals surface area contributed by atoms with Crippen molar-refractivity contribution >= 4 is 59.3 Å². The second kappa shape index (κ2) is 26.8. The number of aromatic hydroxyl groups is 2. The maximum absolute atomic E-state index is 14.3. The summed E-state index contributed by atoms with van der Waals surface area (Å²) in [5.41, 5.74) is 6.12. The quantitative estimate of drug-likeness (QED) is 0.0268. The summed E-state index contributed by atoms with van der Waals surface area (Å²) in [6.07, 6.45) is -1.39. The summed E-state index contributed by atoms with van der Waals surface area (Å²) in [6, 6.07) is 1.69. The molecule has 0 fully saturated rings. The molecule has 0 aliphatic carbocycles. The first-order valence-corrected chi connectivity index (χ1v) is 20.3. The van der Waals surface area contributed by atoms with Gasteiger partial charge in [0.25, 0.3) is 0 Å². The molecule has 350 valence electrons. The van der Waals surface area contributed by atoms with Gasteiger partial charge >= 0.3 is 17.9 Å². The van der Waals surface area contributed by atoms with Crippen LogP contribution in [0.4, 0.5) is 0 Å². The molecule has 23 nitrogen and oxygen atoms in total. The van der Waals surface area contributed by atoms with Gasteiger partial charge in [-0.3, -0.25) is 43.8 Å². The summed E-state index contributed by atoms with van der Waals surface area (Å²) in [5.74, 6) is -10.7. The molecule has 15 N–H and O–H groups in total. The molecule has 0 aliphatic rings. The molecule has 0 bridgehead atoms. The van der Waals surface area contributed by atoms with Crippen LogP contribution in [0, 0.1) is 5.41 Å². The molecule has 0 unspecified atom stereocenters. The normalized spacial score (nSPS) is 13.5. The van der Waals surface area contributed by atoms with Gasteiger partial charge < -0.3 is 68.5 Å². The van der Waals surface area contributed by atoms with Crippen LogP contribution >= 0.6 is 0 Å². The van der Waals surface area contributed by atoms with Crippen molar-refractivity contribution in [3.63, 3.8) is 0 Å². The van der Waals surface area contributed by atoms with Crippen molar-refractivity contribution < 1.29 is 68.7 Å². The third kappa shape index (κ3) is 19.9. The minimum atomic E-state index is -1.89. The fourth-order valence-corrected chi connectivity index (χ4v) is 6.15. The Balaban J connectivity index is 2.55. The Morgan fingerprint density at radius 3 is 1.39 bits per heavy atom. The highest BCUT2D eigenvalue weighted by atomic mass is 16.4. The van der Waals surface area contributed by atoms with Gasteiger partial charge in [0.15, 0.2) is 5.96 Å². The van der Waals surface area contributed by atoms with Gasteiger partial charge in [-0.15, -0.1) is 0 Å². The lowest BCUT2D eigenvalue weighted by atomic mass is 10.0. The number of carboxylic acid groups (broad SMARTS) is 3. The van der Waals surface area contributed by atoms with E-state index >= 15 is 0 Å². The largest absolute Gasteiger partial charge is 0.508 e. The number of aliphatic carboxylic acids is 3. The van der Waals surface area contributed by atoms with Gasteiger partial charge in [0.2, 0.25) is 35.4 Å². The number of carbonyl (C=O) groups is 9. The molecule has 0 heterocycles. The van der Waals surface area contributed by atoms with E-state index in [-0.39, 0.29) is 56.1 Å². The average Bonchev–Trinajstić information content (AvgIpc) is 3.21. The molecule has 0 aromatic heterocycles.